The summed E-state index contributed by atoms with van der Waals surface area (Å²) in [7, 11) is 0. The van der Waals surface area contributed by atoms with Crippen molar-refractivity contribution in [3.63, 3.8) is 0 Å². The first-order valence-corrected chi connectivity index (χ1v) is 0. The fourth-order valence-corrected chi connectivity index (χ4v) is 0. The van der Waals surface area contributed by atoms with Gasteiger partial charge in [0.2, 0.25) is 0 Å². The van der Waals surface area contributed by atoms with Crippen LogP contribution in [0, 0.1) is 0 Å². The Morgan fingerprint density at radius 2 is 1.00 bits per heavy atom. The molecule has 0 atom stereocenters. The second-order valence-electron chi connectivity index (χ2n) is 0. The third kappa shape index (κ3) is 8.91. The van der Waals surface area contributed by atoms with E-state index in [0.717, 1.165) is 0 Å². The Bertz CT molecular complexity index is 8.00. The van der Waals surface area contributed by atoms with Gasteiger partial charge in [0.15, 0.2) is 0 Å². The molecule has 0 amide bonds. The van der Waals surface area contributed by atoms with E-state index in [1.807, 2.05) is 0 Å². The summed E-state index contributed by atoms with van der Waals surface area (Å²) in [5, 5.41) is 0. The molecule has 0 heterocycles. The zero-order valence-electron chi connectivity index (χ0n) is 1.62. The maximum atomic E-state index is 0. The van der Waals surface area contributed by atoms with Gasteiger partial charge in [-0.1, -0.05) is 0 Å². The summed E-state index contributed by atoms with van der Waals surface area (Å²) in [6.45, 7) is 0. The second-order valence-corrected chi connectivity index (χ2v) is 0. The molecule has 1 nitrogen and oxygen atoms in total. The fraction of sp³-hybridized carbons (Fsp3) is 0. The van der Waals surface area contributed by atoms with Crippen LogP contribution >= 0.6 is 0 Å². The summed E-state index contributed by atoms with van der Waals surface area (Å²) in [5.74, 6) is 0. The van der Waals surface area contributed by atoms with Crippen LogP contribution in [0.25, 0.3) is 0 Å². The molecular formula is H5InOWZn. The summed E-state index contributed by atoms with van der Waals surface area (Å²) >= 11 is 0. The van der Waals surface area contributed by atoms with Crippen LogP contribution in [0.1, 0.15) is 0 Å². The zero-order chi connectivity index (χ0) is 0. The fourth-order valence-electron chi connectivity index (χ4n) is 0. The second kappa shape index (κ2) is 19.2. The molecule has 0 fully saturated rings. The Hall–Kier alpha value is 2.14. The molecule has 0 saturated heterocycles. The van der Waals surface area contributed by atoms with Crippen LogP contribution in [0.15, 0.2) is 0 Å². The first-order chi connectivity index (χ1) is 0. The molecule has 0 spiro atoms. The van der Waals surface area contributed by atoms with E-state index in [1.165, 1.54) is 0 Å². The normalized spacial score (nSPS) is 0. The van der Waals surface area contributed by atoms with Crippen LogP contribution in [-0.4, -0.2) is 31.3 Å². The molecule has 0 aliphatic carbocycles. The van der Waals surface area contributed by atoms with E-state index in [1.54, 1.807) is 0 Å². The van der Waals surface area contributed by atoms with Gasteiger partial charge >= 0.3 is 25.8 Å². The maximum Gasteiger partial charge on any atom is 0 e. The topological polar surface area (TPSA) is 31.5 Å². The van der Waals surface area contributed by atoms with Crippen LogP contribution in [0.5, 0.6) is 0 Å². The Morgan fingerprint density at radius 1 is 1.00 bits per heavy atom. The minimum Gasteiger partial charge on any atom is 0 e. The maximum absolute atomic E-state index is 0. The molecule has 0 radical (unpaired) electrons. The molecular weight excluding hydrogens is 380 g/mol. The van der Waals surface area contributed by atoms with E-state index in [-0.39, 0.29) is 71.9 Å². The van der Waals surface area contributed by atoms with Crippen LogP contribution in [0.4, 0.5) is 0 Å². The SMILES string of the molecule is O.[InH3].[W].[Zn]. The quantitative estimate of drug-likeness (QED) is 0.432. The standard InChI is InChI=1S/In.H2O.W.Zn.3H/h;1H2;;;;;. The number of hydrogen-bond acceptors (Lipinski definition) is 0. The van der Waals surface area contributed by atoms with E-state index in [2.05, 4.69) is 0 Å². The summed E-state index contributed by atoms with van der Waals surface area (Å²) in [6, 6.07) is 0. The molecule has 4 heteroatoms. The van der Waals surface area contributed by atoms with E-state index >= 15 is 0 Å². The predicted molar refractivity (Wildman–Crippen MR) is 13.6 cm³/mol. The van der Waals surface area contributed by atoms with Gasteiger partial charge in [-0.05, 0) is 0 Å². The largest absolute Gasteiger partial charge is 0 e. The van der Waals surface area contributed by atoms with E-state index in [9.17, 15) is 0 Å². The van der Waals surface area contributed by atoms with Crippen LogP contribution in [0.2, 0.25) is 0 Å². The molecule has 0 aromatic carbocycles. The molecule has 0 rings (SSSR count). The first kappa shape index (κ1) is 35.4. The molecule has 0 bridgehead atoms. The molecule has 0 aliphatic rings. The summed E-state index contributed by atoms with van der Waals surface area (Å²) in [6.07, 6.45) is 0. The van der Waals surface area contributed by atoms with Gasteiger partial charge in [-0.15, -0.1) is 0 Å². The van der Waals surface area contributed by atoms with Gasteiger partial charge in [-0.25, -0.2) is 0 Å². The summed E-state index contributed by atoms with van der Waals surface area (Å²) < 4.78 is 0. The zero-order valence-corrected chi connectivity index (χ0v) is 7.52. The smallest absolute Gasteiger partial charge is 0 e. The number of rotatable bonds is 0. The molecule has 4 heavy (non-hydrogen) atoms. The van der Waals surface area contributed by atoms with Crippen LogP contribution < -0.4 is 0 Å². The van der Waals surface area contributed by atoms with Gasteiger partial charge < -0.3 is 5.48 Å². The molecule has 0 unspecified atom stereocenters. The summed E-state index contributed by atoms with van der Waals surface area (Å²) in [5.41, 5.74) is 0. The van der Waals surface area contributed by atoms with Crippen molar-refractivity contribution in [3.8, 4) is 0 Å². The molecule has 2 N–H and O–H groups in total. The minimum atomic E-state index is 0. The van der Waals surface area contributed by atoms with Crippen molar-refractivity contribution in [2.24, 2.45) is 0 Å². The van der Waals surface area contributed by atoms with E-state index < -0.39 is 0 Å². The van der Waals surface area contributed by atoms with Crippen LogP contribution in [-0.2, 0) is 40.5 Å². The molecule has 0 saturated carbocycles. The molecule has 0 aromatic heterocycles. The van der Waals surface area contributed by atoms with Gasteiger partial charge in [-0.2, -0.15) is 0 Å². The minimum absolute atomic E-state index is 0. The van der Waals surface area contributed by atoms with Gasteiger partial charge in [-0.3, -0.25) is 0 Å². The van der Waals surface area contributed by atoms with Gasteiger partial charge in [0.25, 0.3) is 0 Å². The van der Waals surface area contributed by atoms with Crippen molar-refractivity contribution in [2.75, 3.05) is 0 Å². The van der Waals surface area contributed by atoms with Crippen molar-refractivity contribution < 1.29 is 46.0 Å². The van der Waals surface area contributed by atoms with Crippen molar-refractivity contribution in [2.45, 2.75) is 0 Å². The Balaban J connectivity index is 0. The van der Waals surface area contributed by atoms with E-state index in [0.29, 0.717) is 0 Å². The molecule has 22 valence electrons. The Labute approximate surface area is 71.0 Å². The number of hydrogen-bond donors (Lipinski definition) is 0. The van der Waals surface area contributed by atoms with Crippen molar-refractivity contribution in [1.82, 2.24) is 0 Å². The van der Waals surface area contributed by atoms with Gasteiger partial charge in [0.05, 0.1) is 0 Å². The van der Waals surface area contributed by atoms with Gasteiger partial charge in [0, 0.05) is 40.5 Å². The average Bonchev–Trinajstić information content (AvgIpc) is 0. The Morgan fingerprint density at radius 3 is 1.00 bits per heavy atom. The Kier molecular flexibility index (Phi) is 170. The molecule has 0 aliphatic heterocycles. The monoisotopic (exact) mass is 384 g/mol. The first-order valence-electron chi connectivity index (χ1n) is 0. The van der Waals surface area contributed by atoms with Crippen molar-refractivity contribution >= 4 is 25.8 Å². The summed E-state index contributed by atoms with van der Waals surface area (Å²) in [4.78, 5) is 0. The molecule has 0 aromatic rings. The van der Waals surface area contributed by atoms with Crippen LogP contribution in [0.3, 0.4) is 0 Å². The van der Waals surface area contributed by atoms with Gasteiger partial charge in [0.1, 0.15) is 0 Å². The average molecular weight is 385 g/mol. The third-order valence-electron chi connectivity index (χ3n) is 0. The van der Waals surface area contributed by atoms with E-state index in [4.69, 9.17) is 0 Å². The van der Waals surface area contributed by atoms with Crippen molar-refractivity contribution in [1.29, 1.82) is 0 Å². The predicted octanol–water partition coefficient (Wildman–Crippen LogP) is -2.01. The van der Waals surface area contributed by atoms with Crippen molar-refractivity contribution in [3.05, 3.63) is 0 Å². The third-order valence-corrected chi connectivity index (χ3v) is 0.